The van der Waals surface area contributed by atoms with Crippen LogP contribution in [-0.4, -0.2) is 39.9 Å². The number of rotatable bonds is 5. The summed E-state index contributed by atoms with van der Waals surface area (Å²) in [7, 11) is 1.80. The summed E-state index contributed by atoms with van der Waals surface area (Å²) in [5.41, 5.74) is 1.31. The van der Waals surface area contributed by atoms with Crippen LogP contribution in [0.1, 0.15) is 18.1 Å². The van der Waals surface area contributed by atoms with Crippen molar-refractivity contribution in [1.82, 2.24) is 15.3 Å². The summed E-state index contributed by atoms with van der Waals surface area (Å²) in [6.45, 7) is 0.635. The third-order valence-electron chi connectivity index (χ3n) is 3.01. The first-order valence-corrected chi connectivity index (χ1v) is 6.42. The van der Waals surface area contributed by atoms with E-state index in [0.29, 0.717) is 34.6 Å². The van der Waals surface area contributed by atoms with E-state index in [9.17, 15) is 10.2 Å². The van der Waals surface area contributed by atoms with Gasteiger partial charge in [0.15, 0.2) is 0 Å². The SMILES string of the molecule is CNCCC(O)C(O)c1ccc2ncnc(Cl)c2c1. The van der Waals surface area contributed by atoms with E-state index in [0.717, 1.165) is 0 Å². The van der Waals surface area contributed by atoms with Crippen molar-refractivity contribution >= 4 is 22.5 Å². The second-order valence-electron chi connectivity index (χ2n) is 4.35. The van der Waals surface area contributed by atoms with E-state index >= 15 is 0 Å². The Hall–Kier alpha value is -1.27. The Bertz CT molecular complexity index is 565. The van der Waals surface area contributed by atoms with Crippen molar-refractivity contribution in [2.24, 2.45) is 0 Å². The van der Waals surface area contributed by atoms with Crippen molar-refractivity contribution in [3.8, 4) is 0 Å². The zero-order valence-corrected chi connectivity index (χ0v) is 11.3. The topological polar surface area (TPSA) is 78.3 Å². The molecule has 5 nitrogen and oxygen atoms in total. The Kier molecular flexibility index (Phi) is 4.66. The van der Waals surface area contributed by atoms with Gasteiger partial charge in [-0.15, -0.1) is 0 Å². The molecule has 2 rings (SSSR count). The van der Waals surface area contributed by atoms with E-state index in [1.807, 2.05) is 0 Å². The molecule has 0 aliphatic carbocycles. The van der Waals surface area contributed by atoms with Crippen LogP contribution in [0.3, 0.4) is 0 Å². The van der Waals surface area contributed by atoms with E-state index < -0.39 is 12.2 Å². The molecule has 0 saturated carbocycles. The maximum atomic E-state index is 10.1. The van der Waals surface area contributed by atoms with Crippen LogP contribution in [0.5, 0.6) is 0 Å². The third kappa shape index (κ3) is 3.19. The van der Waals surface area contributed by atoms with E-state index in [1.165, 1.54) is 6.33 Å². The molecule has 0 aliphatic rings. The van der Waals surface area contributed by atoms with E-state index in [-0.39, 0.29) is 0 Å². The van der Waals surface area contributed by atoms with Crippen molar-refractivity contribution in [2.45, 2.75) is 18.6 Å². The largest absolute Gasteiger partial charge is 0.390 e. The number of halogens is 1. The van der Waals surface area contributed by atoms with Gasteiger partial charge >= 0.3 is 0 Å². The normalized spacial score (nSPS) is 14.5. The van der Waals surface area contributed by atoms with Gasteiger partial charge in [0.05, 0.1) is 11.6 Å². The van der Waals surface area contributed by atoms with Crippen molar-refractivity contribution in [3.63, 3.8) is 0 Å². The number of aromatic nitrogens is 2. The van der Waals surface area contributed by atoms with Crippen molar-refractivity contribution in [2.75, 3.05) is 13.6 Å². The van der Waals surface area contributed by atoms with Gasteiger partial charge in [-0.25, -0.2) is 9.97 Å². The first-order valence-electron chi connectivity index (χ1n) is 6.04. The fourth-order valence-electron chi connectivity index (χ4n) is 1.90. The van der Waals surface area contributed by atoms with Crippen molar-refractivity contribution in [1.29, 1.82) is 0 Å². The van der Waals surface area contributed by atoms with Gasteiger partial charge in [0, 0.05) is 5.39 Å². The van der Waals surface area contributed by atoms with Gasteiger partial charge in [0.25, 0.3) is 0 Å². The third-order valence-corrected chi connectivity index (χ3v) is 3.31. The zero-order chi connectivity index (χ0) is 13.8. The first kappa shape index (κ1) is 14.1. The van der Waals surface area contributed by atoms with Crippen LogP contribution in [0.15, 0.2) is 24.5 Å². The molecule has 19 heavy (non-hydrogen) atoms. The Balaban J connectivity index is 2.27. The van der Waals surface area contributed by atoms with Crippen LogP contribution < -0.4 is 5.32 Å². The highest BCUT2D eigenvalue weighted by molar-refractivity contribution is 6.34. The Morgan fingerprint density at radius 3 is 2.84 bits per heavy atom. The lowest BCUT2D eigenvalue weighted by atomic mass is 10.0. The van der Waals surface area contributed by atoms with Crippen LogP contribution in [0.4, 0.5) is 0 Å². The number of fused-ring (bicyclic) bond motifs is 1. The van der Waals surface area contributed by atoms with Gasteiger partial charge in [-0.3, -0.25) is 0 Å². The maximum Gasteiger partial charge on any atom is 0.140 e. The summed E-state index contributed by atoms with van der Waals surface area (Å²) in [6.07, 6.45) is 0.0828. The van der Waals surface area contributed by atoms with Crippen LogP contribution in [0.25, 0.3) is 10.9 Å². The lowest BCUT2D eigenvalue weighted by molar-refractivity contribution is 0.0141. The smallest absolute Gasteiger partial charge is 0.140 e. The molecule has 102 valence electrons. The second kappa shape index (κ2) is 6.25. The summed E-state index contributed by atoms with van der Waals surface area (Å²) in [6, 6.07) is 5.20. The molecule has 1 aromatic heterocycles. The summed E-state index contributed by atoms with van der Waals surface area (Å²) >= 11 is 5.99. The minimum atomic E-state index is -0.950. The second-order valence-corrected chi connectivity index (χ2v) is 4.70. The lowest BCUT2D eigenvalue weighted by Crippen LogP contribution is -2.23. The monoisotopic (exact) mass is 281 g/mol. The van der Waals surface area contributed by atoms with Gasteiger partial charge < -0.3 is 15.5 Å². The molecule has 0 fully saturated rings. The molecule has 0 bridgehead atoms. The van der Waals surface area contributed by atoms with E-state index in [1.54, 1.807) is 25.2 Å². The van der Waals surface area contributed by atoms with Gasteiger partial charge in [-0.1, -0.05) is 17.7 Å². The predicted molar refractivity (Wildman–Crippen MR) is 74.1 cm³/mol. The molecule has 3 N–H and O–H groups in total. The Labute approximate surface area is 116 Å². The maximum absolute atomic E-state index is 10.1. The van der Waals surface area contributed by atoms with Crippen LogP contribution >= 0.6 is 11.6 Å². The van der Waals surface area contributed by atoms with Gasteiger partial charge in [-0.05, 0) is 37.7 Å². The van der Waals surface area contributed by atoms with E-state index in [4.69, 9.17) is 11.6 Å². The molecule has 1 heterocycles. The fraction of sp³-hybridized carbons (Fsp3) is 0.385. The molecular formula is C13H16ClN3O2. The Morgan fingerprint density at radius 1 is 1.32 bits per heavy atom. The minimum absolute atomic E-state index is 0.337. The highest BCUT2D eigenvalue weighted by Gasteiger charge is 2.18. The van der Waals surface area contributed by atoms with Crippen LogP contribution in [0.2, 0.25) is 5.15 Å². The highest BCUT2D eigenvalue weighted by Crippen LogP contribution is 2.25. The van der Waals surface area contributed by atoms with Crippen LogP contribution in [-0.2, 0) is 0 Å². The average Bonchev–Trinajstić information content (AvgIpc) is 2.44. The van der Waals surface area contributed by atoms with Gasteiger partial charge in [0.1, 0.15) is 17.6 Å². The molecule has 0 radical (unpaired) electrons. The molecule has 6 heteroatoms. The van der Waals surface area contributed by atoms with Gasteiger partial charge in [-0.2, -0.15) is 0 Å². The summed E-state index contributed by atoms with van der Waals surface area (Å²) < 4.78 is 0. The molecule has 0 aliphatic heterocycles. The number of nitrogens with zero attached hydrogens (tertiary/aromatic N) is 2. The number of hydrogen-bond acceptors (Lipinski definition) is 5. The van der Waals surface area contributed by atoms with Crippen LogP contribution in [0, 0.1) is 0 Å². The molecule has 1 aromatic carbocycles. The van der Waals surface area contributed by atoms with Crippen molar-refractivity contribution in [3.05, 3.63) is 35.2 Å². The first-order chi connectivity index (χ1) is 9.13. The highest BCUT2D eigenvalue weighted by atomic mass is 35.5. The summed E-state index contributed by atoms with van der Waals surface area (Å²) in [4.78, 5) is 7.99. The standard InChI is InChI=1S/C13H16ClN3O2/c1-15-5-4-11(18)12(19)8-2-3-10-9(6-8)13(14)17-7-16-10/h2-3,6-7,11-12,15,18-19H,4-5H2,1H3. The van der Waals surface area contributed by atoms with Gasteiger partial charge in [0.2, 0.25) is 0 Å². The average molecular weight is 282 g/mol. The number of benzene rings is 1. The van der Waals surface area contributed by atoms with Crippen molar-refractivity contribution < 1.29 is 10.2 Å². The molecule has 2 unspecified atom stereocenters. The molecule has 0 saturated heterocycles. The zero-order valence-electron chi connectivity index (χ0n) is 10.5. The predicted octanol–water partition coefficient (Wildman–Crippen LogP) is 1.29. The number of aliphatic hydroxyl groups is 2. The fourth-order valence-corrected chi connectivity index (χ4v) is 2.09. The molecular weight excluding hydrogens is 266 g/mol. The number of aliphatic hydroxyl groups excluding tert-OH is 2. The quantitative estimate of drug-likeness (QED) is 0.720. The molecule has 0 spiro atoms. The summed E-state index contributed by atoms with van der Waals surface area (Å²) in [5, 5.41) is 23.9. The van der Waals surface area contributed by atoms with E-state index in [2.05, 4.69) is 15.3 Å². The summed E-state index contributed by atoms with van der Waals surface area (Å²) in [5.74, 6) is 0. The molecule has 2 aromatic rings. The molecule has 0 amide bonds. The number of nitrogens with one attached hydrogen (secondary N) is 1. The molecule has 2 atom stereocenters. The minimum Gasteiger partial charge on any atom is -0.390 e. The Morgan fingerprint density at radius 2 is 2.11 bits per heavy atom. The number of hydrogen-bond donors (Lipinski definition) is 3. The lowest BCUT2D eigenvalue weighted by Gasteiger charge is -2.18.